The Bertz CT molecular complexity index is 893. The first-order valence-electron chi connectivity index (χ1n) is 8.46. The Morgan fingerprint density at radius 3 is 2.32 bits per heavy atom. The quantitative estimate of drug-likeness (QED) is 0.553. The van der Waals surface area contributed by atoms with Crippen molar-refractivity contribution in [3.05, 3.63) is 59.9 Å². The van der Waals surface area contributed by atoms with E-state index in [2.05, 4.69) is 18.1 Å². The summed E-state index contributed by atoms with van der Waals surface area (Å²) in [4.78, 5) is 4.65. The summed E-state index contributed by atoms with van der Waals surface area (Å²) in [6.07, 6.45) is 4.35. The van der Waals surface area contributed by atoms with E-state index < -0.39 is 7.60 Å². The van der Waals surface area contributed by atoms with Crippen LogP contribution >= 0.6 is 7.60 Å². The first-order chi connectivity index (χ1) is 12.0. The molecule has 2 heterocycles. The zero-order valence-corrected chi connectivity index (χ0v) is 15.7. The summed E-state index contributed by atoms with van der Waals surface area (Å²) in [7, 11) is -3.08. The van der Waals surface area contributed by atoms with E-state index in [-0.39, 0.29) is 6.16 Å². The summed E-state index contributed by atoms with van der Waals surface area (Å²) in [5, 5.41) is 0. The Hall–Kier alpha value is -1.94. The van der Waals surface area contributed by atoms with Crippen LogP contribution in [0.2, 0.25) is 0 Å². The fourth-order valence-electron chi connectivity index (χ4n) is 2.77. The molecule has 0 radical (unpaired) electrons. The number of aromatic nitrogens is 2. The van der Waals surface area contributed by atoms with Crippen LogP contribution in [0.15, 0.2) is 48.8 Å². The number of hydrogen-bond donors (Lipinski definition) is 0. The molecule has 0 aliphatic carbocycles. The highest BCUT2D eigenvalue weighted by atomic mass is 31.2. The predicted molar refractivity (Wildman–Crippen MR) is 99.9 cm³/mol. The summed E-state index contributed by atoms with van der Waals surface area (Å²) in [6, 6.07) is 11.9. The Morgan fingerprint density at radius 2 is 1.68 bits per heavy atom. The number of pyridine rings is 1. The summed E-state index contributed by atoms with van der Waals surface area (Å²) in [6.45, 7) is 6.44. The van der Waals surface area contributed by atoms with Crippen LogP contribution in [0.1, 0.15) is 25.0 Å². The molecular weight excluding hydrogens is 335 g/mol. The normalized spacial score (nSPS) is 12.0. The van der Waals surface area contributed by atoms with Crippen LogP contribution in [-0.2, 0) is 19.8 Å². The minimum Gasteiger partial charge on any atom is -0.309 e. The van der Waals surface area contributed by atoms with Gasteiger partial charge in [0, 0.05) is 18.0 Å². The van der Waals surface area contributed by atoms with Gasteiger partial charge in [0.2, 0.25) is 0 Å². The Labute approximate surface area is 148 Å². The van der Waals surface area contributed by atoms with Gasteiger partial charge in [-0.25, -0.2) is 4.98 Å². The molecule has 1 aromatic carbocycles. The van der Waals surface area contributed by atoms with Gasteiger partial charge in [-0.05, 0) is 38.0 Å². The number of imidazole rings is 1. The van der Waals surface area contributed by atoms with Gasteiger partial charge >= 0.3 is 7.60 Å². The van der Waals surface area contributed by atoms with Crippen LogP contribution in [-0.4, -0.2) is 22.6 Å². The van der Waals surface area contributed by atoms with Crippen molar-refractivity contribution in [2.75, 3.05) is 13.2 Å². The van der Waals surface area contributed by atoms with Gasteiger partial charge in [0.1, 0.15) is 5.65 Å². The highest BCUT2D eigenvalue weighted by molar-refractivity contribution is 7.53. The molecule has 0 atom stereocenters. The fourth-order valence-corrected chi connectivity index (χ4v) is 4.47. The van der Waals surface area contributed by atoms with E-state index in [0.29, 0.717) is 13.2 Å². The minimum absolute atomic E-state index is 0.277. The molecule has 0 bridgehead atoms. The molecule has 0 amide bonds. The van der Waals surface area contributed by atoms with Crippen LogP contribution in [0.4, 0.5) is 0 Å². The zero-order valence-electron chi connectivity index (χ0n) is 14.8. The van der Waals surface area contributed by atoms with Crippen molar-refractivity contribution in [1.82, 2.24) is 9.38 Å². The van der Waals surface area contributed by atoms with Gasteiger partial charge in [0.15, 0.2) is 0 Å². The lowest BCUT2D eigenvalue weighted by molar-refractivity contribution is 0.219. The Balaban J connectivity index is 1.82. The van der Waals surface area contributed by atoms with E-state index >= 15 is 0 Å². The fraction of sp³-hybridized carbons (Fsp3) is 0.316. The van der Waals surface area contributed by atoms with Crippen LogP contribution in [0.3, 0.4) is 0 Å². The molecule has 0 saturated carbocycles. The lowest BCUT2D eigenvalue weighted by Gasteiger charge is -2.17. The van der Waals surface area contributed by atoms with Gasteiger partial charge in [-0.1, -0.05) is 30.3 Å². The van der Waals surface area contributed by atoms with Crippen LogP contribution in [0.25, 0.3) is 16.9 Å². The van der Waals surface area contributed by atoms with Gasteiger partial charge < -0.3 is 13.4 Å². The summed E-state index contributed by atoms with van der Waals surface area (Å²) in [5.74, 6) is 0. The lowest BCUT2D eigenvalue weighted by atomic mass is 10.1. The average Bonchev–Trinajstić information content (AvgIpc) is 2.99. The highest BCUT2D eigenvalue weighted by Crippen LogP contribution is 2.51. The molecule has 132 valence electrons. The summed E-state index contributed by atoms with van der Waals surface area (Å²) in [5.41, 5.74) is 4.97. The SMILES string of the molecule is CCOP(=O)(Cc1ccc(-c2cn3cc(C)ccc3n2)cc1)OCC. The second-order valence-electron chi connectivity index (χ2n) is 5.90. The van der Waals surface area contributed by atoms with Crippen molar-refractivity contribution in [3.8, 4) is 11.3 Å². The number of rotatable bonds is 7. The number of hydrogen-bond acceptors (Lipinski definition) is 4. The average molecular weight is 358 g/mol. The van der Waals surface area contributed by atoms with Crippen molar-refractivity contribution < 1.29 is 13.6 Å². The maximum absolute atomic E-state index is 12.6. The van der Waals surface area contributed by atoms with E-state index in [9.17, 15) is 4.57 Å². The van der Waals surface area contributed by atoms with Crippen LogP contribution in [0.5, 0.6) is 0 Å². The molecule has 3 rings (SSSR count). The second-order valence-corrected chi connectivity index (χ2v) is 7.95. The molecule has 0 fully saturated rings. The maximum atomic E-state index is 12.6. The molecule has 0 aliphatic rings. The van der Waals surface area contributed by atoms with Crippen molar-refractivity contribution in [2.24, 2.45) is 0 Å². The van der Waals surface area contributed by atoms with E-state index in [1.54, 1.807) is 0 Å². The second kappa shape index (κ2) is 7.52. The molecule has 0 spiro atoms. The zero-order chi connectivity index (χ0) is 17.9. The molecule has 0 aliphatic heterocycles. The van der Waals surface area contributed by atoms with Crippen LogP contribution < -0.4 is 0 Å². The third kappa shape index (κ3) is 4.18. The predicted octanol–water partition coefficient (Wildman–Crippen LogP) is 5.08. The van der Waals surface area contributed by atoms with Crippen molar-refractivity contribution >= 4 is 13.2 Å². The van der Waals surface area contributed by atoms with Gasteiger partial charge in [-0.2, -0.15) is 0 Å². The van der Waals surface area contributed by atoms with Gasteiger partial charge in [-0.3, -0.25) is 4.57 Å². The first-order valence-corrected chi connectivity index (χ1v) is 10.2. The molecule has 3 aromatic rings. The topological polar surface area (TPSA) is 52.8 Å². The summed E-state index contributed by atoms with van der Waals surface area (Å²) < 4.78 is 25.4. The van der Waals surface area contributed by atoms with Crippen LogP contribution in [0, 0.1) is 6.92 Å². The largest absolute Gasteiger partial charge is 0.335 e. The molecule has 6 heteroatoms. The number of aryl methyl sites for hydroxylation is 1. The third-order valence-electron chi connectivity index (χ3n) is 3.88. The van der Waals surface area contributed by atoms with E-state index in [0.717, 1.165) is 22.5 Å². The lowest BCUT2D eigenvalue weighted by Crippen LogP contribution is -1.99. The van der Waals surface area contributed by atoms with E-state index in [1.807, 2.05) is 60.8 Å². The number of fused-ring (bicyclic) bond motifs is 1. The van der Waals surface area contributed by atoms with Gasteiger partial charge in [0.05, 0.1) is 25.1 Å². The van der Waals surface area contributed by atoms with Gasteiger partial charge in [0.25, 0.3) is 0 Å². The van der Waals surface area contributed by atoms with Crippen molar-refractivity contribution in [3.63, 3.8) is 0 Å². The third-order valence-corrected chi connectivity index (χ3v) is 5.93. The highest BCUT2D eigenvalue weighted by Gasteiger charge is 2.23. The van der Waals surface area contributed by atoms with Crippen molar-refractivity contribution in [1.29, 1.82) is 0 Å². The maximum Gasteiger partial charge on any atom is 0.335 e. The molecular formula is C19H23N2O3P. The van der Waals surface area contributed by atoms with E-state index in [1.165, 1.54) is 5.56 Å². The summed E-state index contributed by atoms with van der Waals surface area (Å²) >= 11 is 0. The Morgan fingerprint density at radius 1 is 1.00 bits per heavy atom. The molecule has 0 N–H and O–H groups in total. The minimum atomic E-state index is -3.08. The first kappa shape index (κ1) is 17.9. The Kier molecular flexibility index (Phi) is 5.38. The smallest absolute Gasteiger partial charge is 0.309 e. The molecule has 0 unspecified atom stereocenters. The number of benzene rings is 1. The molecule has 25 heavy (non-hydrogen) atoms. The molecule has 0 saturated heterocycles. The monoisotopic (exact) mass is 358 g/mol. The molecule has 5 nitrogen and oxygen atoms in total. The standard InChI is InChI=1S/C19H23N2O3P/c1-4-23-25(22,24-5-2)14-16-7-9-17(10-8-16)18-13-21-12-15(3)6-11-19(21)20-18/h6-13H,4-5,14H2,1-3H3. The number of nitrogens with zero attached hydrogens (tertiary/aromatic N) is 2. The van der Waals surface area contributed by atoms with E-state index in [4.69, 9.17) is 9.05 Å². The van der Waals surface area contributed by atoms with Crippen molar-refractivity contribution in [2.45, 2.75) is 26.9 Å². The molecule has 2 aromatic heterocycles. The van der Waals surface area contributed by atoms with Gasteiger partial charge in [-0.15, -0.1) is 0 Å².